The van der Waals surface area contributed by atoms with Gasteiger partial charge in [0.15, 0.2) is 0 Å². The molecule has 0 bridgehead atoms. The number of hydrogen-bond donors (Lipinski definition) is 1. The molecule has 1 unspecified atom stereocenters. The van der Waals surface area contributed by atoms with Crippen molar-refractivity contribution in [3.8, 4) is 0 Å². The van der Waals surface area contributed by atoms with Crippen LogP contribution in [0.2, 0.25) is 0 Å². The number of ether oxygens (including phenoxy) is 1. The maximum atomic E-state index is 11.6. The minimum atomic E-state index is -0.530. The van der Waals surface area contributed by atoms with Crippen molar-refractivity contribution in [1.82, 2.24) is 5.32 Å². The molecule has 3 nitrogen and oxygen atoms in total. The Morgan fingerprint density at radius 2 is 2.14 bits per heavy atom. The molecule has 1 N–H and O–H groups in total. The zero-order chi connectivity index (χ0) is 10.8. The molecule has 1 atom stereocenters. The Labute approximate surface area is 86.2 Å². The van der Waals surface area contributed by atoms with Gasteiger partial charge in [0.1, 0.15) is 5.54 Å². The summed E-state index contributed by atoms with van der Waals surface area (Å²) in [4.78, 5) is 11.6. The maximum absolute atomic E-state index is 11.6. The molecular formula is C11H21NO2. The van der Waals surface area contributed by atoms with E-state index < -0.39 is 5.54 Å². The van der Waals surface area contributed by atoms with Crippen LogP contribution in [0, 0.1) is 11.8 Å². The third-order valence-electron chi connectivity index (χ3n) is 3.22. The van der Waals surface area contributed by atoms with Gasteiger partial charge in [-0.1, -0.05) is 13.8 Å². The average Bonchev–Trinajstić information content (AvgIpc) is 2.95. The van der Waals surface area contributed by atoms with Gasteiger partial charge in [-0.25, -0.2) is 0 Å². The van der Waals surface area contributed by atoms with Crippen LogP contribution in [0.1, 0.15) is 33.6 Å². The number of rotatable bonds is 5. The van der Waals surface area contributed by atoms with Crippen molar-refractivity contribution >= 4 is 5.97 Å². The molecule has 0 amide bonds. The van der Waals surface area contributed by atoms with Gasteiger partial charge in [-0.3, -0.25) is 4.79 Å². The summed E-state index contributed by atoms with van der Waals surface area (Å²) >= 11 is 0. The molecule has 0 radical (unpaired) electrons. The highest BCUT2D eigenvalue weighted by atomic mass is 16.5. The molecule has 1 fully saturated rings. The number of carbonyl (C=O) groups is 1. The third-order valence-corrected chi connectivity index (χ3v) is 3.22. The zero-order valence-electron chi connectivity index (χ0n) is 9.59. The first-order chi connectivity index (χ1) is 6.50. The van der Waals surface area contributed by atoms with Crippen molar-refractivity contribution in [2.24, 2.45) is 11.8 Å². The molecule has 1 saturated carbocycles. The first-order valence-corrected chi connectivity index (χ1v) is 5.34. The van der Waals surface area contributed by atoms with E-state index in [-0.39, 0.29) is 11.9 Å². The van der Waals surface area contributed by atoms with Crippen LogP contribution < -0.4 is 5.32 Å². The van der Waals surface area contributed by atoms with Gasteiger partial charge < -0.3 is 10.1 Å². The Kier molecular flexibility index (Phi) is 3.53. The van der Waals surface area contributed by atoms with E-state index in [9.17, 15) is 4.79 Å². The molecule has 0 aliphatic heterocycles. The highest BCUT2D eigenvalue weighted by Crippen LogP contribution is 2.29. The topological polar surface area (TPSA) is 38.3 Å². The standard InChI is InChI=1S/C11H21NO2/c1-8(2)11(3,10(13)14-4)12-7-9-5-6-9/h8-9,12H,5-7H2,1-4H3. The summed E-state index contributed by atoms with van der Waals surface area (Å²) in [6, 6.07) is 0. The van der Waals surface area contributed by atoms with E-state index in [1.807, 2.05) is 20.8 Å². The highest BCUT2D eigenvalue weighted by Gasteiger charge is 2.38. The molecule has 0 aromatic heterocycles. The Morgan fingerprint density at radius 3 is 2.50 bits per heavy atom. The Hall–Kier alpha value is -0.570. The quantitative estimate of drug-likeness (QED) is 0.683. The van der Waals surface area contributed by atoms with Gasteiger partial charge in [-0.05, 0) is 38.1 Å². The highest BCUT2D eigenvalue weighted by molar-refractivity contribution is 5.80. The number of carbonyl (C=O) groups excluding carboxylic acids is 1. The summed E-state index contributed by atoms with van der Waals surface area (Å²) in [5, 5.41) is 3.33. The maximum Gasteiger partial charge on any atom is 0.326 e. The first-order valence-electron chi connectivity index (χ1n) is 5.34. The molecule has 0 heterocycles. The van der Waals surface area contributed by atoms with Gasteiger partial charge >= 0.3 is 5.97 Å². The third kappa shape index (κ3) is 2.47. The van der Waals surface area contributed by atoms with E-state index >= 15 is 0 Å². The number of hydrogen-bond acceptors (Lipinski definition) is 3. The van der Waals surface area contributed by atoms with Crippen LogP contribution in [-0.4, -0.2) is 25.2 Å². The van der Waals surface area contributed by atoms with Crippen LogP contribution in [0.25, 0.3) is 0 Å². The van der Waals surface area contributed by atoms with Gasteiger partial charge in [0, 0.05) is 0 Å². The molecule has 1 aliphatic rings. The minimum Gasteiger partial charge on any atom is -0.468 e. The van der Waals surface area contributed by atoms with Crippen LogP contribution in [-0.2, 0) is 9.53 Å². The zero-order valence-corrected chi connectivity index (χ0v) is 9.59. The minimum absolute atomic E-state index is 0.159. The van der Waals surface area contributed by atoms with Crippen LogP contribution in [0.5, 0.6) is 0 Å². The van der Waals surface area contributed by atoms with E-state index in [0.29, 0.717) is 0 Å². The molecule has 0 saturated heterocycles. The summed E-state index contributed by atoms with van der Waals surface area (Å²) in [6.45, 7) is 6.93. The fraction of sp³-hybridized carbons (Fsp3) is 0.909. The second-order valence-corrected chi connectivity index (χ2v) is 4.67. The summed E-state index contributed by atoms with van der Waals surface area (Å²) in [5.41, 5.74) is -0.530. The molecule has 0 aromatic carbocycles. The fourth-order valence-corrected chi connectivity index (χ4v) is 1.40. The van der Waals surface area contributed by atoms with E-state index in [2.05, 4.69) is 5.32 Å². The van der Waals surface area contributed by atoms with Gasteiger partial charge in [0.25, 0.3) is 0 Å². The molecule has 3 heteroatoms. The molecule has 0 aromatic rings. The Balaban J connectivity index is 2.54. The summed E-state index contributed by atoms with van der Waals surface area (Å²) in [5.74, 6) is 0.861. The lowest BCUT2D eigenvalue weighted by molar-refractivity contribution is -0.149. The largest absolute Gasteiger partial charge is 0.468 e. The average molecular weight is 199 g/mol. The monoisotopic (exact) mass is 199 g/mol. The summed E-state index contributed by atoms with van der Waals surface area (Å²) in [6.07, 6.45) is 2.59. The van der Waals surface area contributed by atoms with E-state index in [1.54, 1.807) is 0 Å². The second kappa shape index (κ2) is 4.30. The fourth-order valence-electron chi connectivity index (χ4n) is 1.40. The van der Waals surface area contributed by atoms with Crippen molar-refractivity contribution < 1.29 is 9.53 Å². The van der Waals surface area contributed by atoms with Crippen LogP contribution in [0.15, 0.2) is 0 Å². The lowest BCUT2D eigenvalue weighted by Gasteiger charge is -2.31. The van der Waals surface area contributed by atoms with E-state index in [0.717, 1.165) is 12.5 Å². The smallest absolute Gasteiger partial charge is 0.326 e. The normalized spacial score (nSPS) is 20.6. The number of nitrogens with one attached hydrogen (secondary N) is 1. The lowest BCUT2D eigenvalue weighted by atomic mass is 9.88. The van der Waals surface area contributed by atoms with Gasteiger partial charge in [-0.2, -0.15) is 0 Å². The first kappa shape index (κ1) is 11.5. The number of methoxy groups -OCH3 is 1. The molecular weight excluding hydrogens is 178 g/mol. The summed E-state index contributed by atoms with van der Waals surface area (Å²) in [7, 11) is 1.45. The van der Waals surface area contributed by atoms with E-state index in [4.69, 9.17) is 4.74 Å². The lowest BCUT2D eigenvalue weighted by Crippen LogP contribution is -2.54. The number of esters is 1. The molecule has 82 valence electrons. The van der Waals surface area contributed by atoms with E-state index in [1.165, 1.54) is 20.0 Å². The van der Waals surface area contributed by atoms with Crippen LogP contribution >= 0.6 is 0 Å². The molecule has 1 aliphatic carbocycles. The predicted octanol–water partition coefficient (Wildman–Crippen LogP) is 1.57. The van der Waals surface area contributed by atoms with Crippen molar-refractivity contribution in [2.75, 3.05) is 13.7 Å². The van der Waals surface area contributed by atoms with Crippen molar-refractivity contribution in [3.63, 3.8) is 0 Å². The van der Waals surface area contributed by atoms with Crippen molar-refractivity contribution in [2.45, 2.75) is 39.2 Å². The van der Waals surface area contributed by atoms with Gasteiger partial charge in [-0.15, -0.1) is 0 Å². The molecule has 0 spiro atoms. The predicted molar refractivity (Wildman–Crippen MR) is 56.0 cm³/mol. The van der Waals surface area contributed by atoms with Gasteiger partial charge in [0.2, 0.25) is 0 Å². The summed E-state index contributed by atoms with van der Waals surface area (Å²) < 4.78 is 4.83. The van der Waals surface area contributed by atoms with Gasteiger partial charge in [0.05, 0.1) is 7.11 Å². The molecule has 14 heavy (non-hydrogen) atoms. The Morgan fingerprint density at radius 1 is 1.57 bits per heavy atom. The molecule has 1 rings (SSSR count). The van der Waals surface area contributed by atoms with Crippen molar-refractivity contribution in [3.05, 3.63) is 0 Å². The second-order valence-electron chi connectivity index (χ2n) is 4.67. The van der Waals surface area contributed by atoms with Crippen molar-refractivity contribution in [1.29, 1.82) is 0 Å². The van der Waals surface area contributed by atoms with Crippen LogP contribution in [0.3, 0.4) is 0 Å². The Bertz CT molecular complexity index is 211. The van der Waals surface area contributed by atoms with Crippen LogP contribution in [0.4, 0.5) is 0 Å². The SMILES string of the molecule is COC(=O)C(C)(NCC1CC1)C(C)C.